The van der Waals surface area contributed by atoms with Gasteiger partial charge in [0.2, 0.25) is 0 Å². The molecular formula is C34H20Br3NO5S. The van der Waals surface area contributed by atoms with Crippen LogP contribution in [-0.4, -0.2) is 40.4 Å². The number of thiophene rings is 1. The first-order chi connectivity index (χ1) is 21.2. The fraction of sp³-hybridized carbons (Fsp3) is 0.0882. The molecule has 5 aromatic carbocycles. The van der Waals surface area contributed by atoms with E-state index < -0.39 is 23.9 Å². The van der Waals surface area contributed by atoms with Crippen LogP contribution in [0.25, 0.3) is 42.1 Å². The largest absolute Gasteiger partial charge is 0.479 e. The Hall–Kier alpha value is -3.57. The number of halogens is 3. The zero-order valence-electron chi connectivity index (χ0n) is 22.6. The number of rotatable bonds is 7. The van der Waals surface area contributed by atoms with Crippen LogP contribution >= 0.6 is 59.1 Å². The Kier molecular flexibility index (Phi) is 7.56. The second-order valence-electron chi connectivity index (χ2n) is 10.3. The molecule has 44 heavy (non-hydrogen) atoms. The third kappa shape index (κ3) is 4.75. The highest BCUT2D eigenvalue weighted by Gasteiger charge is 2.36. The summed E-state index contributed by atoms with van der Waals surface area (Å²) in [5, 5.41) is 14.5. The predicted molar refractivity (Wildman–Crippen MR) is 184 cm³/mol. The third-order valence-electron chi connectivity index (χ3n) is 7.79. The molecule has 0 fully saturated rings. The summed E-state index contributed by atoms with van der Waals surface area (Å²) in [7, 11) is 0. The Morgan fingerprint density at radius 1 is 0.818 bits per heavy atom. The molecule has 1 aliphatic rings. The van der Waals surface area contributed by atoms with Crippen molar-refractivity contribution in [2.45, 2.75) is 12.5 Å². The molecule has 0 saturated carbocycles. The molecule has 1 atom stereocenters. The first-order valence-corrected chi connectivity index (χ1v) is 16.8. The summed E-state index contributed by atoms with van der Waals surface area (Å²) in [4.78, 5) is 38.9. The van der Waals surface area contributed by atoms with Crippen LogP contribution in [0.1, 0.15) is 27.1 Å². The Bertz CT molecular complexity index is 2140. The van der Waals surface area contributed by atoms with Crippen molar-refractivity contribution >= 4 is 108 Å². The van der Waals surface area contributed by atoms with Crippen molar-refractivity contribution < 1.29 is 24.2 Å². The average Bonchev–Trinajstić information content (AvgIpc) is 3.52. The lowest BCUT2D eigenvalue weighted by Gasteiger charge is -2.21. The molecule has 7 rings (SSSR count). The molecule has 6 nitrogen and oxygen atoms in total. The van der Waals surface area contributed by atoms with Crippen molar-refractivity contribution in [2.75, 3.05) is 6.54 Å². The van der Waals surface area contributed by atoms with E-state index in [0.717, 1.165) is 46.7 Å². The van der Waals surface area contributed by atoms with E-state index in [-0.39, 0.29) is 13.0 Å². The standard InChI is InChI=1S/C34H20Br3NO5S/c35-23-15-17(27-18-7-1-2-8-19(18)29(37)31-28(27)22-11-5-6-12-26(22)44-31)16-24(36)30(23)43-25(34(41)42)13-14-38-32(39)20-9-3-4-10-21(20)33(38)40/h1-12,15-16,25H,13-14H2,(H,41,42)/t25-/m1/s1. The normalized spacial score (nSPS) is 13.7. The SMILES string of the molecule is O=C(O)[C@@H](CCN1C(=O)c2ccccc2C1=O)Oc1c(Br)cc(-c2c3ccccc3c(Br)c3sc4ccccc4c23)cc1Br. The Labute approximate surface area is 280 Å². The maximum Gasteiger partial charge on any atom is 0.344 e. The van der Waals surface area contributed by atoms with E-state index in [0.29, 0.717) is 25.8 Å². The molecule has 10 heteroatoms. The van der Waals surface area contributed by atoms with Crippen molar-refractivity contribution in [2.24, 2.45) is 0 Å². The number of ether oxygens (including phenoxy) is 1. The van der Waals surface area contributed by atoms with Gasteiger partial charge in [0.25, 0.3) is 11.8 Å². The fourth-order valence-corrected chi connectivity index (χ4v) is 9.10. The van der Waals surface area contributed by atoms with Crippen LogP contribution in [-0.2, 0) is 4.79 Å². The number of carboxylic acids is 1. The third-order valence-corrected chi connectivity index (χ3v) is 11.2. The first kappa shape index (κ1) is 29.2. The molecule has 6 aromatic rings. The zero-order chi connectivity index (χ0) is 30.7. The summed E-state index contributed by atoms with van der Waals surface area (Å²) in [5.41, 5.74) is 2.62. The summed E-state index contributed by atoms with van der Waals surface area (Å²) in [6.45, 7) is -0.0925. The molecule has 0 spiro atoms. The number of fused-ring (bicyclic) bond motifs is 5. The Balaban J connectivity index is 1.25. The number of amides is 2. The molecular weight excluding hydrogens is 774 g/mol. The summed E-state index contributed by atoms with van der Waals surface area (Å²) in [6.07, 6.45) is -1.39. The van der Waals surface area contributed by atoms with Crippen LogP contribution in [0.15, 0.2) is 98.3 Å². The van der Waals surface area contributed by atoms with Gasteiger partial charge in [0.15, 0.2) is 6.10 Å². The van der Waals surface area contributed by atoms with E-state index in [2.05, 4.69) is 72.1 Å². The van der Waals surface area contributed by atoms with Gasteiger partial charge in [-0.2, -0.15) is 0 Å². The molecule has 0 radical (unpaired) electrons. The summed E-state index contributed by atoms with van der Waals surface area (Å²) >= 11 is 12.9. The number of imide groups is 1. The number of carbonyl (C=O) groups is 3. The van der Waals surface area contributed by atoms with E-state index in [1.165, 1.54) is 4.70 Å². The van der Waals surface area contributed by atoms with Gasteiger partial charge in [-0.15, -0.1) is 11.3 Å². The van der Waals surface area contributed by atoms with Gasteiger partial charge in [0.1, 0.15) is 5.75 Å². The van der Waals surface area contributed by atoms with Crippen LogP contribution in [0.3, 0.4) is 0 Å². The predicted octanol–water partition coefficient (Wildman–Crippen LogP) is 9.68. The molecule has 1 aliphatic heterocycles. The molecule has 0 saturated heterocycles. The molecule has 2 heterocycles. The second-order valence-corrected chi connectivity index (χ2v) is 13.9. The maximum absolute atomic E-state index is 12.8. The maximum atomic E-state index is 12.8. The number of benzene rings is 5. The van der Waals surface area contributed by atoms with Gasteiger partial charge in [-0.25, -0.2) is 4.79 Å². The molecule has 0 aliphatic carbocycles. The number of nitrogens with zero attached hydrogens (tertiary/aromatic N) is 1. The van der Waals surface area contributed by atoms with E-state index in [1.54, 1.807) is 35.6 Å². The molecule has 0 bridgehead atoms. The molecule has 1 N–H and O–H groups in total. The minimum atomic E-state index is -1.31. The summed E-state index contributed by atoms with van der Waals surface area (Å²) < 4.78 is 10.5. The smallest absolute Gasteiger partial charge is 0.344 e. The van der Waals surface area contributed by atoms with Crippen molar-refractivity contribution in [3.63, 3.8) is 0 Å². The number of hydrogen-bond acceptors (Lipinski definition) is 5. The molecule has 0 unspecified atom stereocenters. The molecule has 2 amide bonds. The quantitative estimate of drug-likeness (QED) is 0.163. The Morgan fingerprint density at radius 3 is 2.02 bits per heavy atom. The van der Waals surface area contributed by atoms with Gasteiger partial charge in [-0.05, 0) is 100 Å². The van der Waals surface area contributed by atoms with Gasteiger partial charge < -0.3 is 9.84 Å². The lowest BCUT2D eigenvalue weighted by atomic mass is 9.93. The second kappa shape index (κ2) is 11.4. The number of carbonyl (C=O) groups excluding carboxylic acids is 2. The van der Waals surface area contributed by atoms with Crippen LogP contribution in [0, 0.1) is 0 Å². The van der Waals surface area contributed by atoms with Gasteiger partial charge >= 0.3 is 5.97 Å². The minimum Gasteiger partial charge on any atom is -0.479 e. The van der Waals surface area contributed by atoms with Gasteiger partial charge in [-0.3, -0.25) is 14.5 Å². The van der Waals surface area contributed by atoms with E-state index in [4.69, 9.17) is 4.74 Å². The lowest BCUT2D eigenvalue weighted by molar-refractivity contribution is -0.145. The fourth-order valence-electron chi connectivity index (χ4n) is 5.78. The van der Waals surface area contributed by atoms with Crippen LogP contribution < -0.4 is 4.74 Å². The van der Waals surface area contributed by atoms with Gasteiger partial charge in [-0.1, -0.05) is 54.6 Å². The summed E-state index contributed by atoms with van der Waals surface area (Å²) in [6, 6.07) is 27.0. The molecule has 1 aromatic heterocycles. The Morgan fingerprint density at radius 2 is 1.39 bits per heavy atom. The lowest BCUT2D eigenvalue weighted by Crippen LogP contribution is -2.36. The summed E-state index contributed by atoms with van der Waals surface area (Å²) in [5.74, 6) is -1.75. The minimum absolute atomic E-state index is 0.0830. The highest BCUT2D eigenvalue weighted by atomic mass is 79.9. The van der Waals surface area contributed by atoms with Crippen molar-refractivity contribution in [1.82, 2.24) is 4.90 Å². The van der Waals surface area contributed by atoms with Crippen LogP contribution in [0.4, 0.5) is 0 Å². The number of hydrogen-bond donors (Lipinski definition) is 1. The van der Waals surface area contributed by atoms with Crippen molar-refractivity contribution in [3.8, 4) is 16.9 Å². The van der Waals surface area contributed by atoms with Gasteiger partial charge in [0.05, 0.1) is 24.8 Å². The zero-order valence-corrected chi connectivity index (χ0v) is 28.2. The topological polar surface area (TPSA) is 83.9 Å². The van der Waals surface area contributed by atoms with E-state index in [9.17, 15) is 19.5 Å². The van der Waals surface area contributed by atoms with Crippen molar-refractivity contribution in [3.05, 3.63) is 109 Å². The van der Waals surface area contributed by atoms with Crippen LogP contribution in [0.5, 0.6) is 5.75 Å². The number of carboxylic acid groups (broad SMARTS) is 1. The monoisotopic (exact) mass is 791 g/mol. The van der Waals surface area contributed by atoms with Gasteiger partial charge in [0, 0.05) is 32.9 Å². The van der Waals surface area contributed by atoms with Crippen LogP contribution in [0.2, 0.25) is 0 Å². The first-order valence-electron chi connectivity index (χ1n) is 13.6. The van der Waals surface area contributed by atoms with E-state index in [1.807, 2.05) is 36.4 Å². The molecule has 218 valence electrons. The highest BCUT2D eigenvalue weighted by molar-refractivity contribution is 9.11. The van der Waals surface area contributed by atoms with Crippen molar-refractivity contribution in [1.29, 1.82) is 0 Å². The highest BCUT2D eigenvalue weighted by Crippen LogP contribution is 2.50. The van der Waals surface area contributed by atoms with E-state index >= 15 is 0 Å². The number of aliphatic carboxylic acids is 1. The average molecular weight is 794 g/mol.